The van der Waals surface area contributed by atoms with Crippen LogP contribution in [0.2, 0.25) is 0 Å². The van der Waals surface area contributed by atoms with Gasteiger partial charge in [0.15, 0.2) is 6.10 Å². The lowest BCUT2D eigenvalue weighted by molar-refractivity contribution is -0.124. The largest absolute Gasteiger partial charge is 0.480 e. The molecule has 1 amide bonds. The minimum atomic E-state index is -0.792. The van der Waals surface area contributed by atoms with E-state index in [9.17, 15) is 9.18 Å². The van der Waals surface area contributed by atoms with E-state index >= 15 is 0 Å². The molecule has 0 aliphatic rings. The number of benzene rings is 1. The van der Waals surface area contributed by atoms with Crippen LogP contribution >= 0.6 is 0 Å². The van der Waals surface area contributed by atoms with Gasteiger partial charge in [0.05, 0.1) is 0 Å². The van der Waals surface area contributed by atoms with Gasteiger partial charge >= 0.3 is 0 Å². The van der Waals surface area contributed by atoms with E-state index in [1.54, 1.807) is 13.1 Å². The van der Waals surface area contributed by atoms with Crippen LogP contribution in [0.15, 0.2) is 18.2 Å². The molecule has 0 spiro atoms. The number of halogens is 1. The molecule has 0 saturated heterocycles. The summed E-state index contributed by atoms with van der Waals surface area (Å²) in [4.78, 5) is 10.9. The molecular formula is C12H17FN2O2. The normalized spacial score (nSPS) is 14.1. The summed E-state index contributed by atoms with van der Waals surface area (Å²) < 4.78 is 18.5. The third kappa shape index (κ3) is 3.42. The second-order valence-corrected chi connectivity index (χ2v) is 3.85. The molecule has 5 heteroatoms. The highest BCUT2D eigenvalue weighted by Crippen LogP contribution is 2.26. The number of ether oxygens (including phenoxy) is 1. The highest BCUT2D eigenvalue weighted by molar-refractivity contribution is 5.78. The van der Waals surface area contributed by atoms with Gasteiger partial charge in [-0.15, -0.1) is 0 Å². The Kier molecular flexibility index (Phi) is 4.45. The predicted molar refractivity (Wildman–Crippen MR) is 63.2 cm³/mol. The summed E-state index contributed by atoms with van der Waals surface area (Å²) in [6, 6.07) is 4.22. The Morgan fingerprint density at radius 3 is 2.65 bits per heavy atom. The maximum atomic E-state index is 13.1. The SMILES string of the molecule is CNC(C)c1ccc(F)cc1OC(C)C(N)=O. The van der Waals surface area contributed by atoms with Crippen molar-refractivity contribution in [1.82, 2.24) is 5.32 Å². The molecule has 0 fully saturated rings. The van der Waals surface area contributed by atoms with E-state index in [1.165, 1.54) is 19.1 Å². The molecule has 0 radical (unpaired) electrons. The number of carbonyl (C=O) groups is 1. The van der Waals surface area contributed by atoms with Gasteiger partial charge in [0.25, 0.3) is 5.91 Å². The minimum absolute atomic E-state index is 0.00863. The monoisotopic (exact) mass is 240 g/mol. The fourth-order valence-electron chi connectivity index (χ4n) is 1.37. The lowest BCUT2D eigenvalue weighted by Crippen LogP contribution is -2.31. The van der Waals surface area contributed by atoms with Crippen LogP contribution in [0.25, 0.3) is 0 Å². The number of nitrogens with two attached hydrogens (primary N) is 1. The number of amides is 1. The zero-order valence-electron chi connectivity index (χ0n) is 10.2. The molecule has 2 atom stereocenters. The molecule has 1 rings (SSSR count). The van der Waals surface area contributed by atoms with Gasteiger partial charge in [0.2, 0.25) is 0 Å². The third-order valence-corrected chi connectivity index (χ3v) is 2.58. The summed E-state index contributed by atoms with van der Waals surface area (Å²) in [5.74, 6) is -0.667. The molecule has 0 aliphatic heterocycles. The number of rotatable bonds is 5. The zero-order valence-corrected chi connectivity index (χ0v) is 10.2. The maximum Gasteiger partial charge on any atom is 0.258 e. The van der Waals surface area contributed by atoms with Crippen LogP contribution in [-0.2, 0) is 4.79 Å². The van der Waals surface area contributed by atoms with E-state index in [-0.39, 0.29) is 6.04 Å². The first kappa shape index (κ1) is 13.4. The number of nitrogens with one attached hydrogen (secondary N) is 1. The van der Waals surface area contributed by atoms with E-state index < -0.39 is 17.8 Å². The van der Waals surface area contributed by atoms with Crippen molar-refractivity contribution in [2.24, 2.45) is 5.73 Å². The number of primary amides is 1. The van der Waals surface area contributed by atoms with Gasteiger partial charge in [-0.3, -0.25) is 4.79 Å². The Balaban J connectivity index is 3.02. The molecule has 2 unspecified atom stereocenters. The van der Waals surface area contributed by atoms with Crippen LogP contribution in [-0.4, -0.2) is 19.1 Å². The molecule has 1 aromatic rings. The zero-order chi connectivity index (χ0) is 13.0. The van der Waals surface area contributed by atoms with Crippen LogP contribution in [0.3, 0.4) is 0 Å². The van der Waals surface area contributed by atoms with Crippen molar-refractivity contribution in [3.63, 3.8) is 0 Å². The number of hydrogen-bond donors (Lipinski definition) is 2. The molecule has 17 heavy (non-hydrogen) atoms. The van der Waals surface area contributed by atoms with Crippen LogP contribution in [0.4, 0.5) is 4.39 Å². The van der Waals surface area contributed by atoms with Crippen molar-refractivity contribution in [2.45, 2.75) is 26.0 Å². The molecule has 4 nitrogen and oxygen atoms in total. The van der Waals surface area contributed by atoms with E-state index in [1.807, 2.05) is 6.92 Å². The average Bonchev–Trinajstić information content (AvgIpc) is 2.28. The molecule has 0 heterocycles. The van der Waals surface area contributed by atoms with Crippen LogP contribution in [0, 0.1) is 5.82 Å². The average molecular weight is 240 g/mol. The standard InChI is InChI=1S/C12H17FN2O2/c1-7(15-3)10-5-4-9(13)6-11(10)17-8(2)12(14)16/h4-8,15H,1-3H3,(H2,14,16). The minimum Gasteiger partial charge on any atom is -0.480 e. The van der Waals surface area contributed by atoms with Gasteiger partial charge in [-0.1, -0.05) is 6.07 Å². The van der Waals surface area contributed by atoms with Crippen molar-refractivity contribution in [3.8, 4) is 5.75 Å². The molecule has 1 aromatic carbocycles. The Labute approximate surface area is 100.0 Å². The van der Waals surface area contributed by atoms with Gasteiger partial charge in [-0.25, -0.2) is 4.39 Å². The van der Waals surface area contributed by atoms with Crippen LogP contribution in [0.1, 0.15) is 25.5 Å². The van der Waals surface area contributed by atoms with Gasteiger partial charge in [0, 0.05) is 17.7 Å². The fraction of sp³-hybridized carbons (Fsp3) is 0.417. The molecule has 94 valence electrons. The summed E-state index contributed by atoms with van der Waals surface area (Å²) in [6.45, 7) is 3.44. The number of carbonyl (C=O) groups excluding carboxylic acids is 1. The summed E-state index contributed by atoms with van der Waals surface area (Å²) in [5.41, 5.74) is 5.89. The van der Waals surface area contributed by atoms with Crippen molar-refractivity contribution in [1.29, 1.82) is 0 Å². The molecule has 0 bridgehead atoms. The molecule has 0 aliphatic carbocycles. The van der Waals surface area contributed by atoms with E-state index in [0.717, 1.165) is 5.56 Å². The van der Waals surface area contributed by atoms with Crippen LogP contribution < -0.4 is 15.8 Å². The van der Waals surface area contributed by atoms with Crippen molar-refractivity contribution in [3.05, 3.63) is 29.6 Å². The Hall–Kier alpha value is -1.62. The lowest BCUT2D eigenvalue weighted by atomic mass is 10.1. The summed E-state index contributed by atoms with van der Waals surface area (Å²) in [7, 11) is 1.79. The molecule has 3 N–H and O–H groups in total. The topological polar surface area (TPSA) is 64.3 Å². The first-order chi connectivity index (χ1) is 7.95. The summed E-state index contributed by atoms with van der Waals surface area (Å²) in [6.07, 6.45) is -0.792. The van der Waals surface area contributed by atoms with Crippen molar-refractivity contribution in [2.75, 3.05) is 7.05 Å². The van der Waals surface area contributed by atoms with E-state index in [0.29, 0.717) is 5.75 Å². The molecular weight excluding hydrogens is 223 g/mol. The second kappa shape index (κ2) is 5.63. The fourth-order valence-corrected chi connectivity index (χ4v) is 1.37. The first-order valence-electron chi connectivity index (χ1n) is 5.38. The van der Waals surface area contributed by atoms with Crippen molar-refractivity contribution < 1.29 is 13.9 Å². The van der Waals surface area contributed by atoms with E-state index in [2.05, 4.69) is 5.32 Å². The molecule has 0 saturated carbocycles. The van der Waals surface area contributed by atoms with Crippen LogP contribution in [0.5, 0.6) is 5.75 Å². The second-order valence-electron chi connectivity index (χ2n) is 3.85. The number of hydrogen-bond acceptors (Lipinski definition) is 3. The molecule has 0 aromatic heterocycles. The Bertz CT molecular complexity index is 409. The van der Waals surface area contributed by atoms with Gasteiger partial charge in [0.1, 0.15) is 11.6 Å². The van der Waals surface area contributed by atoms with Gasteiger partial charge < -0.3 is 15.8 Å². The lowest BCUT2D eigenvalue weighted by Gasteiger charge is -2.18. The van der Waals surface area contributed by atoms with E-state index in [4.69, 9.17) is 10.5 Å². The smallest absolute Gasteiger partial charge is 0.258 e. The predicted octanol–water partition coefficient (Wildman–Crippen LogP) is 1.36. The Morgan fingerprint density at radius 2 is 2.12 bits per heavy atom. The highest BCUT2D eigenvalue weighted by Gasteiger charge is 2.16. The summed E-state index contributed by atoms with van der Waals surface area (Å²) in [5, 5.41) is 3.02. The van der Waals surface area contributed by atoms with Gasteiger partial charge in [-0.05, 0) is 27.0 Å². The summed E-state index contributed by atoms with van der Waals surface area (Å²) >= 11 is 0. The Morgan fingerprint density at radius 1 is 1.47 bits per heavy atom. The van der Waals surface area contributed by atoms with Crippen molar-refractivity contribution >= 4 is 5.91 Å². The maximum absolute atomic E-state index is 13.1. The third-order valence-electron chi connectivity index (χ3n) is 2.58. The van der Waals surface area contributed by atoms with Gasteiger partial charge in [-0.2, -0.15) is 0 Å². The highest BCUT2D eigenvalue weighted by atomic mass is 19.1. The quantitative estimate of drug-likeness (QED) is 0.816. The first-order valence-corrected chi connectivity index (χ1v) is 5.38.